The van der Waals surface area contributed by atoms with E-state index in [-0.39, 0.29) is 25.2 Å². The minimum atomic E-state index is -0.223. The number of hydrogen-bond acceptors (Lipinski definition) is 4. The molecule has 4 nitrogen and oxygen atoms in total. The summed E-state index contributed by atoms with van der Waals surface area (Å²) in [5.41, 5.74) is 3.90. The number of ether oxygens (including phenoxy) is 2. The van der Waals surface area contributed by atoms with Gasteiger partial charge in [-0.2, -0.15) is 0 Å². The third kappa shape index (κ3) is 6.92. The van der Waals surface area contributed by atoms with Crippen LogP contribution in [-0.2, 0) is 32.3 Å². The van der Waals surface area contributed by atoms with E-state index in [9.17, 15) is 9.59 Å². The van der Waals surface area contributed by atoms with Crippen molar-refractivity contribution in [2.24, 2.45) is 0 Å². The van der Waals surface area contributed by atoms with Gasteiger partial charge < -0.3 is 9.47 Å². The quantitative estimate of drug-likeness (QED) is 0.371. The zero-order valence-corrected chi connectivity index (χ0v) is 17.4. The second kappa shape index (κ2) is 11.1. The highest BCUT2D eigenvalue weighted by atomic mass is 79.9. The van der Waals surface area contributed by atoms with Crippen LogP contribution >= 0.6 is 31.9 Å². The summed E-state index contributed by atoms with van der Waals surface area (Å²) < 4.78 is 10.5. The van der Waals surface area contributed by atoms with Crippen molar-refractivity contribution < 1.29 is 19.1 Å². The first-order valence-corrected chi connectivity index (χ1v) is 10.5. The Labute approximate surface area is 170 Å². The number of benzene rings is 2. The van der Waals surface area contributed by atoms with Crippen molar-refractivity contribution in [3.63, 3.8) is 0 Å². The largest absolute Gasteiger partial charge is 0.461 e. The molecule has 0 aliphatic heterocycles. The molecule has 0 saturated carbocycles. The number of hydrogen-bond donors (Lipinski definition) is 0. The van der Waals surface area contributed by atoms with Gasteiger partial charge in [-0.3, -0.25) is 9.59 Å². The Morgan fingerprint density at radius 1 is 0.731 bits per heavy atom. The maximum absolute atomic E-state index is 11.5. The summed E-state index contributed by atoms with van der Waals surface area (Å²) in [7, 11) is 0. The van der Waals surface area contributed by atoms with E-state index in [2.05, 4.69) is 31.9 Å². The number of halogens is 2. The summed E-state index contributed by atoms with van der Waals surface area (Å²) >= 11 is 6.44. The van der Waals surface area contributed by atoms with Crippen molar-refractivity contribution in [1.29, 1.82) is 0 Å². The molecule has 0 N–H and O–H groups in total. The van der Waals surface area contributed by atoms with Crippen molar-refractivity contribution >= 4 is 43.8 Å². The molecule has 6 heteroatoms. The average Bonchev–Trinajstić information content (AvgIpc) is 2.66. The predicted molar refractivity (Wildman–Crippen MR) is 108 cm³/mol. The molecule has 0 heterocycles. The van der Waals surface area contributed by atoms with E-state index in [0.29, 0.717) is 23.5 Å². The molecular weight excluding hydrogens is 464 g/mol. The fourth-order valence-electron chi connectivity index (χ4n) is 2.31. The molecule has 0 radical (unpaired) electrons. The average molecular weight is 484 g/mol. The SMILES string of the molecule is O=C(CCBr)OCc1cccc(-c2cccc(COC(=O)CCBr)c2)c1. The van der Waals surface area contributed by atoms with Gasteiger partial charge in [-0.25, -0.2) is 0 Å². The molecule has 0 unspecified atom stereocenters. The first-order valence-electron chi connectivity index (χ1n) is 8.24. The third-order valence-electron chi connectivity index (χ3n) is 3.58. The summed E-state index contributed by atoms with van der Waals surface area (Å²) in [6.07, 6.45) is 0.713. The maximum Gasteiger partial charge on any atom is 0.306 e. The molecule has 0 fully saturated rings. The van der Waals surface area contributed by atoms with E-state index in [4.69, 9.17) is 9.47 Å². The topological polar surface area (TPSA) is 52.6 Å². The smallest absolute Gasteiger partial charge is 0.306 e. The summed E-state index contributed by atoms with van der Waals surface area (Å²) in [6, 6.07) is 15.7. The second-order valence-corrected chi connectivity index (χ2v) is 7.19. The fraction of sp³-hybridized carbons (Fsp3) is 0.300. The van der Waals surface area contributed by atoms with Gasteiger partial charge in [0.2, 0.25) is 0 Å². The number of carbonyl (C=O) groups excluding carboxylic acids is 2. The first kappa shape index (κ1) is 20.6. The van der Waals surface area contributed by atoms with Crippen LogP contribution in [0.25, 0.3) is 11.1 Å². The van der Waals surface area contributed by atoms with E-state index in [1.54, 1.807) is 0 Å². The minimum Gasteiger partial charge on any atom is -0.461 e. The Balaban J connectivity index is 2.04. The van der Waals surface area contributed by atoms with Crippen LogP contribution in [0.3, 0.4) is 0 Å². The van der Waals surface area contributed by atoms with Gasteiger partial charge in [-0.1, -0.05) is 68.3 Å². The number of rotatable bonds is 9. The van der Waals surface area contributed by atoms with Gasteiger partial charge in [0, 0.05) is 10.7 Å². The molecular formula is C20H20Br2O4. The molecule has 0 aliphatic carbocycles. The lowest BCUT2D eigenvalue weighted by atomic mass is 10.0. The van der Waals surface area contributed by atoms with E-state index in [1.165, 1.54) is 0 Å². The normalized spacial score (nSPS) is 10.4. The molecule has 0 atom stereocenters. The van der Waals surface area contributed by atoms with Crippen molar-refractivity contribution in [1.82, 2.24) is 0 Å². The molecule has 0 spiro atoms. The highest BCUT2D eigenvalue weighted by Crippen LogP contribution is 2.22. The van der Waals surface area contributed by atoms with E-state index in [0.717, 1.165) is 22.3 Å². The molecule has 0 bridgehead atoms. The van der Waals surface area contributed by atoms with Gasteiger partial charge in [-0.05, 0) is 34.4 Å². The van der Waals surface area contributed by atoms with E-state index >= 15 is 0 Å². The highest BCUT2D eigenvalue weighted by molar-refractivity contribution is 9.09. The molecule has 138 valence electrons. The lowest BCUT2D eigenvalue weighted by molar-refractivity contribution is -0.145. The Morgan fingerprint density at radius 2 is 1.15 bits per heavy atom. The van der Waals surface area contributed by atoms with Crippen molar-refractivity contribution in [2.45, 2.75) is 26.1 Å². The standard InChI is InChI=1S/C20H20Br2O4/c21-9-7-19(23)25-13-15-3-1-5-17(11-15)18-6-2-4-16(12-18)14-26-20(24)8-10-22/h1-6,11-12H,7-10,13-14H2. The van der Waals surface area contributed by atoms with Crippen LogP contribution in [0, 0.1) is 0 Å². The Morgan fingerprint density at radius 3 is 1.54 bits per heavy atom. The zero-order valence-electron chi connectivity index (χ0n) is 14.3. The Kier molecular flexibility index (Phi) is 8.85. The molecule has 0 aromatic heterocycles. The van der Waals surface area contributed by atoms with Crippen LogP contribution in [0.1, 0.15) is 24.0 Å². The monoisotopic (exact) mass is 482 g/mol. The zero-order chi connectivity index (χ0) is 18.8. The van der Waals surface area contributed by atoms with Gasteiger partial charge in [0.15, 0.2) is 0 Å². The second-order valence-electron chi connectivity index (χ2n) is 5.60. The van der Waals surface area contributed by atoms with Crippen LogP contribution in [0.5, 0.6) is 0 Å². The number of esters is 2. The maximum atomic E-state index is 11.5. The van der Waals surface area contributed by atoms with Gasteiger partial charge in [-0.15, -0.1) is 0 Å². The molecule has 2 aromatic carbocycles. The Bertz CT molecular complexity index is 683. The van der Waals surface area contributed by atoms with Crippen LogP contribution in [-0.4, -0.2) is 22.6 Å². The van der Waals surface area contributed by atoms with Crippen LogP contribution in [0.4, 0.5) is 0 Å². The van der Waals surface area contributed by atoms with Gasteiger partial charge in [0.1, 0.15) is 13.2 Å². The molecule has 0 saturated heterocycles. The molecule has 26 heavy (non-hydrogen) atoms. The first-order chi connectivity index (χ1) is 12.6. The lowest BCUT2D eigenvalue weighted by Crippen LogP contribution is -2.05. The Hall–Kier alpha value is -1.66. The van der Waals surface area contributed by atoms with Crippen LogP contribution in [0.15, 0.2) is 48.5 Å². The highest BCUT2D eigenvalue weighted by Gasteiger charge is 2.06. The fourth-order valence-corrected chi connectivity index (χ4v) is 2.96. The molecule has 0 amide bonds. The van der Waals surface area contributed by atoms with Crippen molar-refractivity contribution in [3.8, 4) is 11.1 Å². The lowest BCUT2D eigenvalue weighted by Gasteiger charge is -2.09. The van der Waals surface area contributed by atoms with Crippen molar-refractivity contribution in [3.05, 3.63) is 59.7 Å². The van der Waals surface area contributed by atoms with Gasteiger partial charge in [0.05, 0.1) is 12.8 Å². The summed E-state index contributed by atoms with van der Waals surface area (Å²) in [6.45, 7) is 0.507. The van der Waals surface area contributed by atoms with Crippen LogP contribution < -0.4 is 0 Å². The van der Waals surface area contributed by atoms with E-state index < -0.39 is 0 Å². The summed E-state index contributed by atoms with van der Waals surface area (Å²) in [5, 5.41) is 1.19. The van der Waals surface area contributed by atoms with Gasteiger partial charge >= 0.3 is 11.9 Å². The van der Waals surface area contributed by atoms with E-state index in [1.807, 2.05) is 48.5 Å². The van der Waals surface area contributed by atoms with Crippen molar-refractivity contribution in [2.75, 3.05) is 10.7 Å². The van der Waals surface area contributed by atoms with Gasteiger partial charge in [0.25, 0.3) is 0 Å². The predicted octanol–water partition coefficient (Wildman–Crippen LogP) is 5.01. The third-order valence-corrected chi connectivity index (χ3v) is 4.38. The summed E-state index contributed by atoms with van der Waals surface area (Å²) in [5.74, 6) is -0.445. The molecule has 0 aliphatic rings. The molecule has 2 rings (SSSR count). The number of alkyl halides is 2. The summed E-state index contributed by atoms with van der Waals surface area (Å²) in [4.78, 5) is 23.0. The van der Waals surface area contributed by atoms with Crippen LogP contribution in [0.2, 0.25) is 0 Å². The number of carbonyl (C=O) groups is 2. The molecule has 2 aromatic rings. The minimum absolute atomic E-state index is 0.223.